The van der Waals surface area contributed by atoms with Gasteiger partial charge in [-0.05, 0) is 43.6 Å². The molecule has 1 fully saturated rings. The summed E-state index contributed by atoms with van der Waals surface area (Å²) in [6.45, 7) is 3.99. The third kappa shape index (κ3) is 2.68. The lowest BCUT2D eigenvalue weighted by Gasteiger charge is -2.27. The second-order valence-electron chi connectivity index (χ2n) is 4.46. The molecule has 0 aliphatic heterocycles. The Kier molecular flexibility index (Phi) is 4.20. The fourth-order valence-electron chi connectivity index (χ4n) is 2.51. The molecule has 0 heterocycles. The molecule has 0 radical (unpaired) electrons. The number of rotatable bonds is 5. The van der Waals surface area contributed by atoms with Gasteiger partial charge in [0.05, 0.1) is 0 Å². The molecular formula is C11H23NO. The number of nitrogens with two attached hydrogens (primary N) is 1. The highest BCUT2D eigenvalue weighted by molar-refractivity contribution is 4.89. The Balaban J connectivity index is 2.42. The van der Waals surface area contributed by atoms with Crippen molar-refractivity contribution in [3.8, 4) is 0 Å². The van der Waals surface area contributed by atoms with Crippen molar-refractivity contribution in [1.29, 1.82) is 0 Å². The average Bonchev–Trinajstić information content (AvgIpc) is 2.59. The molecule has 0 bridgehead atoms. The van der Waals surface area contributed by atoms with E-state index in [9.17, 15) is 0 Å². The summed E-state index contributed by atoms with van der Waals surface area (Å²) in [5.41, 5.74) is 6.28. The molecule has 13 heavy (non-hydrogen) atoms. The summed E-state index contributed by atoms with van der Waals surface area (Å²) in [6.07, 6.45) is 6.47. The van der Waals surface area contributed by atoms with Crippen LogP contribution in [0.15, 0.2) is 0 Å². The van der Waals surface area contributed by atoms with Crippen LogP contribution in [0.1, 0.15) is 39.0 Å². The van der Waals surface area contributed by atoms with Gasteiger partial charge in [-0.25, -0.2) is 0 Å². The molecule has 2 nitrogen and oxygen atoms in total. The first-order valence-corrected chi connectivity index (χ1v) is 5.45. The van der Waals surface area contributed by atoms with Gasteiger partial charge in [-0.2, -0.15) is 0 Å². The van der Waals surface area contributed by atoms with Crippen molar-refractivity contribution < 1.29 is 4.74 Å². The van der Waals surface area contributed by atoms with Crippen molar-refractivity contribution in [2.24, 2.45) is 17.1 Å². The second kappa shape index (κ2) is 4.97. The minimum absolute atomic E-state index is 0.413. The highest BCUT2D eigenvalue weighted by Gasteiger charge is 2.36. The summed E-state index contributed by atoms with van der Waals surface area (Å²) in [5.74, 6) is 0.917. The lowest BCUT2D eigenvalue weighted by Crippen LogP contribution is -2.29. The first kappa shape index (κ1) is 11.0. The molecule has 2 unspecified atom stereocenters. The zero-order chi connectivity index (χ0) is 9.73. The fourth-order valence-corrected chi connectivity index (χ4v) is 2.51. The highest BCUT2D eigenvalue weighted by atomic mass is 16.5. The topological polar surface area (TPSA) is 35.2 Å². The third-order valence-corrected chi connectivity index (χ3v) is 3.65. The molecule has 0 aromatic rings. The largest absolute Gasteiger partial charge is 0.385 e. The van der Waals surface area contributed by atoms with Crippen LogP contribution >= 0.6 is 0 Å². The number of methoxy groups -OCH3 is 1. The van der Waals surface area contributed by atoms with Gasteiger partial charge in [0.1, 0.15) is 0 Å². The van der Waals surface area contributed by atoms with Crippen molar-refractivity contribution >= 4 is 0 Å². The third-order valence-electron chi connectivity index (χ3n) is 3.65. The lowest BCUT2D eigenvalue weighted by molar-refractivity contribution is 0.138. The maximum absolute atomic E-state index is 5.87. The molecule has 1 saturated carbocycles. The number of hydrogen-bond acceptors (Lipinski definition) is 2. The second-order valence-corrected chi connectivity index (χ2v) is 4.46. The van der Waals surface area contributed by atoms with Gasteiger partial charge in [-0.3, -0.25) is 0 Å². The van der Waals surface area contributed by atoms with Gasteiger partial charge in [0, 0.05) is 13.7 Å². The van der Waals surface area contributed by atoms with Crippen LogP contribution in [0.25, 0.3) is 0 Å². The Hall–Kier alpha value is -0.0800. The Morgan fingerprint density at radius 1 is 1.54 bits per heavy atom. The Morgan fingerprint density at radius 3 is 2.77 bits per heavy atom. The van der Waals surface area contributed by atoms with E-state index in [1.54, 1.807) is 7.11 Å². The molecule has 0 spiro atoms. The van der Waals surface area contributed by atoms with Gasteiger partial charge in [0.25, 0.3) is 0 Å². The predicted octanol–water partition coefficient (Wildman–Crippen LogP) is 2.18. The number of hydrogen-bond donors (Lipinski definition) is 1. The summed E-state index contributed by atoms with van der Waals surface area (Å²) in [6, 6.07) is 0. The summed E-state index contributed by atoms with van der Waals surface area (Å²) in [4.78, 5) is 0. The van der Waals surface area contributed by atoms with Gasteiger partial charge in [0.2, 0.25) is 0 Å². The Morgan fingerprint density at radius 2 is 2.31 bits per heavy atom. The molecule has 1 rings (SSSR count). The standard InChI is InChI=1S/C11H23NO/c1-3-10-4-5-11(8-10,9-12)6-7-13-2/h10H,3-9,12H2,1-2H3. The quantitative estimate of drug-likeness (QED) is 0.712. The fraction of sp³-hybridized carbons (Fsp3) is 1.00. The van der Waals surface area contributed by atoms with E-state index in [0.29, 0.717) is 5.41 Å². The minimum atomic E-state index is 0.413. The maximum Gasteiger partial charge on any atom is 0.0468 e. The van der Waals surface area contributed by atoms with Gasteiger partial charge in [-0.15, -0.1) is 0 Å². The monoisotopic (exact) mass is 185 g/mol. The van der Waals surface area contributed by atoms with Gasteiger partial charge >= 0.3 is 0 Å². The molecule has 2 atom stereocenters. The van der Waals surface area contributed by atoms with Crippen LogP contribution in [0.2, 0.25) is 0 Å². The van der Waals surface area contributed by atoms with Crippen LogP contribution in [0.5, 0.6) is 0 Å². The van der Waals surface area contributed by atoms with Crippen molar-refractivity contribution in [3.05, 3.63) is 0 Å². The molecule has 0 aromatic carbocycles. The van der Waals surface area contributed by atoms with Crippen LogP contribution in [0, 0.1) is 11.3 Å². The van der Waals surface area contributed by atoms with Crippen LogP contribution in [-0.2, 0) is 4.74 Å². The van der Waals surface area contributed by atoms with E-state index in [4.69, 9.17) is 10.5 Å². The van der Waals surface area contributed by atoms with E-state index in [1.807, 2.05) is 0 Å². The van der Waals surface area contributed by atoms with E-state index < -0.39 is 0 Å². The molecule has 0 amide bonds. The van der Waals surface area contributed by atoms with Crippen molar-refractivity contribution in [3.63, 3.8) is 0 Å². The molecule has 1 aliphatic rings. The summed E-state index contributed by atoms with van der Waals surface area (Å²) >= 11 is 0. The van der Waals surface area contributed by atoms with Gasteiger partial charge in [-0.1, -0.05) is 13.3 Å². The average molecular weight is 185 g/mol. The molecule has 2 heteroatoms. The van der Waals surface area contributed by atoms with Crippen molar-refractivity contribution in [2.45, 2.75) is 39.0 Å². The SMILES string of the molecule is CCC1CCC(CN)(CCOC)C1. The van der Waals surface area contributed by atoms with Crippen LogP contribution in [-0.4, -0.2) is 20.3 Å². The van der Waals surface area contributed by atoms with Crippen LogP contribution in [0.3, 0.4) is 0 Å². The first-order valence-electron chi connectivity index (χ1n) is 5.45. The van der Waals surface area contributed by atoms with Gasteiger partial charge < -0.3 is 10.5 Å². The molecule has 78 valence electrons. The highest BCUT2D eigenvalue weighted by Crippen LogP contribution is 2.44. The van der Waals surface area contributed by atoms with Crippen LogP contribution < -0.4 is 5.73 Å². The molecule has 0 aromatic heterocycles. The molecule has 2 N–H and O–H groups in total. The first-order chi connectivity index (χ1) is 6.26. The summed E-state index contributed by atoms with van der Waals surface area (Å²) in [5, 5.41) is 0. The Labute approximate surface area is 81.8 Å². The van der Waals surface area contributed by atoms with E-state index in [0.717, 1.165) is 25.5 Å². The molecular weight excluding hydrogens is 162 g/mol. The van der Waals surface area contributed by atoms with E-state index in [2.05, 4.69) is 6.92 Å². The van der Waals surface area contributed by atoms with E-state index >= 15 is 0 Å². The summed E-state index contributed by atoms with van der Waals surface area (Å²) < 4.78 is 5.14. The Bertz CT molecular complexity index is 149. The predicted molar refractivity (Wildman–Crippen MR) is 55.6 cm³/mol. The zero-order valence-corrected chi connectivity index (χ0v) is 9.01. The summed E-state index contributed by atoms with van der Waals surface area (Å²) in [7, 11) is 1.77. The smallest absolute Gasteiger partial charge is 0.0468 e. The van der Waals surface area contributed by atoms with E-state index in [-0.39, 0.29) is 0 Å². The van der Waals surface area contributed by atoms with Crippen LogP contribution in [0.4, 0.5) is 0 Å². The van der Waals surface area contributed by atoms with Gasteiger partial charge in [0.15, 0.2) is 0 Å². The molecule has 0 saturated heterocycles. The van der Waals surface area contributed by atoms with E-state index in [1.165, 1.54) is 25.7 Å². The normalized spacial score (nSPS) is 33.9. The van der Waals surface area contributed by atoms with Crippen molar-refractivity contribution in [1.82, 2.24) is 0 Å². The minimum Gasteiger partial charge on any atom is -0.385 e. The molecule has 1 aliphatic carbocycles. The maximum atomic E-state index is 5.87. The van der Waals surface area contributed by atoms with Crippen molar-refractivity contribution in [2.75, 3.05) is 20.3 Å². The number of ether oxygens (including phenoxy) is 1. The lowest BCUT2D eigenvalue weighted by atomic mass is 9.82. The zero-order valence-electron chi connectivity index (χ0n) is 9.01.